The number of aliphatic hydroxyl groups is 1. The average molecular weight is 183 g/mol. The molecule has 0 aliphatic heterocycles. The van der Waals surface area contributed by atoms with Gasteiger partial charge in [0.2, 0.25) is 0 Å². The predicted molar refractivity (Wildman–Crippen MR) is 50.5 cm³/mol. The van der Waals surface area contributed by atoms with Gasteiger partial charge in [-0.2, -0.15) is 0 Å². The van der Waals surface area contributed by atoms with Crippen LogP contribution in [0.2, 0.25) is 0 Å². The molecule has 0 saturated heterocycles. The number of hydrogen-bond donors (Lipinski definition) is 1. The highest BCUT2D eigenvalue weighted by Crippen LogP contribution is 2.03. The highest BCUT2D eigenvalue weighted by atomic mass is 16.5. The first-order valence-electron chi connectivity index (χ1n) is 3.68. The van der Waals surface area contributed by atoms with Crippen LogP contribution < -0.4 is 0 Å². The van der Waals surface area contributed by atoms with Crippen LogP contribution in [0.15, 0.2) is 28.4 Å². The molecule has 0 radical (unpaired) electrons. The summed E-state index contributed by atoms with van der Waals surface area (Å²) in [5.41, 5.74) is 0.921. The van der Waals surface area contributed by atoms with Crippen LogP contribution in [0.1, 0.15) is 6.92 Å². The van der Waals surface area contributed by atoms with Crippen LogP contribution in [0.5, 0.6) is 0 Å². The Kier molecular flexibility index (Phi) is 5.47. The first kappa shape index (κ1) is 11.6. The Morgan fingerprint density at radius 2 is 2.31 bits per heavy atom. The van der Waals surface area contributed by atoms with Gasteiger partial charge in [-0.1, -0.05) is 0 Å². The van der Waals surface area contributed by atoms with Crippen molar-refractivity contribution < 1.29 is 14.6 Å². The Morgan fingerprint density at radius 3 is 2.69 bits per heavy atom. The average Bonchev–Trinajstić information content (AvgIpc) is 2.15. The van der Waals surface area contributed by atoms with Crippen molar-refractivity contribution in [1.82, 2.24) is 0 Å². The number of ether oxygens (including phenoxy) is 1. The van der Waals surface area contributed by atoms with E-state index in [1.54, 1.807) is 6.92 Å². The molecule has 4 heteroatoms. The SMILES string of the molecule is C=N/C=C(\C=C(/C)C(=O)OC)CO. The van der Waals surface area contributed by atoms with E-state index in [4.69, 9.17) is 5.11 Å². The molecular formula is C9H13NO3. The molecule has 0 aliphatic rings. The van der Waals surface area contributed by atoms with E-state index >= 15 is 0 Å². The van der Waals surface area contributed by atoms with Crippen LogP contribution in [-0.4, -0.2) is 31.5 Å². The Hall–Kier alpha value is -1.42. The third-order valence-corrected chi connectivity index (χ3v) is 1.35. The van der Waals surface area contributed by atoms with Gasteiger partial charge >= 0.3 is 5.97 Å². The van der Waals surface area contributed by atoms with Gasteiger partial charge in [0.15, 0.2) is 0 Å². The molecule has 0 aromatic heterocycles. The molecule has 0 unspecified atom stereocenters. The summed E-state index contributed by atoms with van der Waals surface area (Å²) in [6.45, 7) is 4.65. The zero-order chi connectivity index (χ0) is 10.3. The standard InChI is InChI=1S/C9H13NO3/c1-7(9(12)13-3)4-8(6-11)5-10-2/h4-5,11H,2,6H2,1,3H3/b7-4+,8-5+. The van der Waals surface area contributed by atoms with Gasteiger partial charge in [-0.05, 0) is 25.3 Å². The van der Waals surface area contributed by atoms with E-state index < -0.39 is 5.97 Å². The van der Waals surface area contributed by atoms with Gasteiger partial charge in [-0.25, -0.2) is 4.79 Å². The van der Waals surface area contributed by atoms with Crippen LogP contribution >= 0.6 is 0 Å². The summed E-state index contributed by atoms with van der Waals surface area (Å²) >= 11 is 0. The van der Waals surface area contributed by atoms with Gasteiger partial charge < -0.3 is 9.84 Å². The molecule has 0 rings (SSSR count). The fraction of sp³-hybridized carbons (Fsp3) is 0.333. The lowest BCUT2D eigenvalue weighted by Crippen LogP contribution is -2.02. The van der Waals surface area contributed by atoms with Gasteiger partial charge in [0.25, 0.3) is 0 Å². The van der Waals surface area contributed by atoms with E-state index in [1.807, 2.05) is 0 Å². The fourth-order valence-corrected chi connectivity index (χ4v) is 0.739. The summed E-state index contributed by atoms with van der Waals surface area (Å²) in [4.78, 5) is 14.4. The Morgan fingerprint density at radius 1 is 1.69 bits per heavy atom. The zero-order valence-corrected chi connectivity index (χ0v) is 7.78. The molecule has 13 heavy (non-hydrogen) atoms. The smallest absolute Gasteiger partial charge is 0.333 e. The molecule has 0 amide bonds. The maximum Gasteiger partial charge on any atom is 0.333 e. The van der Waals surface area contributed by atoms with Crippen LogP contribution in [0.25, 0.3) is 0 Å². The predicted octanol–water partition coefficient (Wildman–Crippen LogP) is 0.682. The first-order valence-corrected chi connectivity index (χ1v) is 3.68. The molecule has 0 aromatic rings. The van der Waals surface area contributed by atoms with Crippen molar-refractivity contribution in [2.24, 2.45) is 4.99 Å². The molecule has 0 aromatic carbocycles. The molecule has 0 bridgehead atoms. The van der Waals surface area contributed by atoms with Gasteiger partial charge in [0.1, 0.15) is 0 Å². The van der Waals surface area contributed by atoms with E-state index in [9.17, 15) is 4.79 Å². The number of hydrogen-bond acceptors (Lipinski definition) is 4. The maximum atomic E-state index is 10.9. The van der Waals surface area contributed by atoms with Gasteiger partial charge in [0, 0.05) is 11.8 Å². The van der Waals surface area contributed by atoms with Crippen molar-refractivity contribution in [3.05, 3.63) is 23.4 Å². The van der Waals surface area contributed by atoms with Crippen LogP contribution in [0.4, 0.5) is 0 Å². The quantitative estimate of drug-likeness (QED) is 0.302. The van der Waals surface area contributed by atoms with Crippen molar-refractivity contribution in [2.75, 3.05) is 13.7 Å². The number of rotatable bonds is 4. The number of carbonyl (C=O) groups is 1. The van der Waals surface area contributed by atoms with Crippen molar-refractivity contribution in [3.8, 4) is 0 Å². The molecule has 0 spiro atoms. The summed E-state index contributed by atoms with van der Waals surface area (Å²) in [6, 6.07) is 0. The Bertz CT molecular complexity index is 254. The molecule has 0 atom stereocenters. The van der Waals surface area contributed by atoms with Gasteiger partial charge in [-0.15, -0.1) is 0 Å². The molecule has 72 valence electrons. The van der Waals surface area contributed by atoms with E-state index in [2.05, 4.69) is 16.4 Å². The maximum absolute atomic E-state index is 10.9. The van der Waals surface area contributed by atoms with E-state index in [-0.39, 0.29) is 6.61 Å². The minimum atomic E-state index is -0.427. The van der Waals surface area contributed by atoms with Crippen molar-refractivity contribution in [2.45, 2.75) is 6.92 Å². The van der Waals surface area contributed by atoms with Gasteiger partial charge in [0.05, 0.1) is 13.7 Å². The lowest BCUT2D eigenvalue weighted by atomic mass is 10.2. The lowest BCUT2D eigenvalue weighted by molar-refractivity contribution is -0.136. The Balaban J connectivity index is 4.60. The fourth-order valence-electron chi connectivity index (χ4n) is 0.739. The summed E-state index contributed by atoms with van der Waals surface area (Å²) in [5, 5.41) is 8.81. The largest absolute Gasteiger partial charge is 0.466 e. The first-order chi connectivity index (χ1) is 6.15. The number of aliphatic hydroxyl groups excluding tert-OH is 1. The summed E-state index contributed by atoms with van der Waals surface area (Å²) in [6.07, 6.45) is 2.88. The molecule has 1 N–H and O–H groups in total. The third-order valence-electron chi connectivity index (χ3n) is 1.35. The topological polar surface area (TPSA) is 58.9 Å². The minimum absolute atomic E-state index is 0.187. The van der Waals surface area contributed by atoms with Crippen molar-refractivity contribution in [1.29, 1.82) is 0 Å². The molecular weight excluding hydrogens is 170 g/mol. The highest BCUT2D eigenvalue weighted by Gasteiger charge is 2.03. The zero-order valence-electron chi connectivity index (χ0n) is 7.78. The number of nitrogens with zero attached hydrogens (tertiary/aromatic N) is 1. The molecule has 0 aliphatic carbocycles. The summed E-state index contributed by atoms with van der Waals surface area (Å²) in [5.74, 6) is -0.427. The highest BCUT2D eigenvalue weighted by molar-refractivity contribution is 5.88. The molecule has 0 saturated carbocycles. The number of methoxy groups -OCH3 is 1. The molecule has 4 nitrogen and oxygen atoms in total. The van der Waals surface area contributed by atoms with Crippen LogP contribution in [-0.2, 0) is 9.53 Å². The summed E-state index contributed by atoms with van der Waals surface area (Å²) < 4.78 is 4.47. The number of aliphatic imine (C=N–C) groups is 1. The minimum Gasteiger partial charge on any atom is -0.466 e. The second kappa shape index (κ2) is 6.14. The van der Waals surface area contributed by atoms with Crippen molar-refractivity contribution >= 4 is 12.7 Å². The van der Waals surface area contributed by atoms with Gasteiger partial charge in [-0.3, -0.25) is 4.99 Å². The second-order valence-electron chi connectivity index (χ2n) is 2.36. The molecule has 0 heterocycles. The van der Waals surface area contributed by atoms with Crippen molar-refractivity contribution in [3.63, 3.8) is 0 Å². The van der Waals surface area contributed by atoms with Crippen LogP contribution in [0.3, 0.4) is 0 Å². The molecule has 0 fully saturated rings. The number of esters is 1. The monoisotopic (exact) mass is 183 g/mol. The Labute approximate surface area is 77.2 Å². The van der Waals surface area contributed by atoms with Crippen LogP contribution in [0, 0.1) is 0 Å². The number of carbonyl (C=O) groups excluding carboxylic acids is 1. The van der Waals surface area contributed by atoms with E-state index in [0.717, 1.165) is 0 Å². The second-order valence-corrected chi connectivity index (χ2v) is 2.36. The van der Waals surface area contributed by atoms with E-state index in [1.165, 1.54) is 19.4 Å². The third kappa shape index (κ3) is 4.22. The summed E-state index contributed by atoms with van der Waals surface area (Å²) in [7, 11) is 1.30. The normalized spacial score (nSPS) is 12.5. The lowest BCUT2D eigenvalue weighted by Gasteiger charge is -1.99. The van der Waals surface area contributed by atoms with E-state index in [0.29, 0.717) is 11.1 Å².